The number of hydrogen-bond donors (Lipinski definition) is 6. The molecule has 0 radical (unpaired) electrons. The second-order valence-corrected chi connectivity index (χ2v) is 20.7. The number of unbranched alkanes of at least 4 members (excludes halogenated alkanes) is 33. The molecule has 1 amide bonds. The number of rotatable bonds is 51. The Morgan fingerprint density at radius 3 is 1.39 bits per heavy atom. The second kappa shape index (κ2) is 50.1. The van der Waals surface area contributed by atoms with E-state index >= 15 is 0 Å². The Morgan fingerprint density at radius 1 is 0.507 bits per heavy atom. The zero-order chi connectivity index (χ0) is 51.7. The first kappa shape index (κ1) is 66.9. The average Bonchev–Trinajstić information content (AvgIpc) is 3.37. The maximum atomic E-state index is 13.0. The molecule has 71 heavy (non-hydrogen) atoms. The van der Waals surface area contributed by atoms with Gasteiger partial charge in [-0.1, -0.05) is 217 Å². The molecule has 0 bridgehead atoms. The summed E-state index contributed by atoms with van der Waals surface area (Å²) in [6, 6.07) is -0.816. The van der Waals surface area contributed by atoms with Gasteiger partial charge in [-0.15, -0.1) is 0 Å². The molecule has 416 valence electrons. The lowest BCUT2D eigenvalue weighted by Crippen LogP contribution is -2.60. The molecule has 11 heteroatoms. The van der Waals surface area contributed by atoms with Crippen molar-refractivity contribution in [2.45, 2.75) is 314 Å². The summed E-state index contributed by atoms with van der Waals surface area (Å²) < 4.78 is 16.7. The normalized spacial score (nSPS) is 19.3. The Hall–Kier alpha value is -2.12. The van der Waals surface area contributed by atoms with Gasteiger partial charge in [-0.25, -0.2) is 0 Å². The fraction of sp³-hybridized carbons (Fsp3) is 0.867. The molecular formula is C60H111NO10. The number of esters is 1. The lowest BCUT2D eigenvalue weighted by molar-refractivity contribution is -0.302. The van der Waals surface area contributed by atoms with Crippen LogP contribution < -0.4 is 5.32 Å². The molecule has 0 aromatic rings. The highest BCUT2D eigenvalue weighted by Gasteiger charge is 2.44. The summed E-state index contributed by atoms with van der Waals surface area (Å²) >= 11 is 0. The van der Waals surface area contributed by atoms with E-state index in [1.165, 1.54) is 167 Å². The molecule has 1 heterocycles. The molecule has 0 aromatic carbocycles. The lowest BCUT2D eigenvalue weighted by atomic mass is 9.99. The first-order chi connectivity index (χ1) is 34.7. The third kappa shape index (κ3) is 39.9. The zero-order valence-electron chi connectivity index (χ0n) is 45.7. The van der Waals surface area contributed by atoms with Crippen LogP contribution in [0.2, 0.25) is 0 Å². The van der Waals surface area contributed by atoms with Crippen LogP contribution in [0.1, 0.15) is 271 Å². The molecule has 1 fully saturated rings. The van der Waals surface area contributed by atoms with Crippen LogP contribution in [0, 0.1) is 0 Å². The van der Waals surface area contributed by atoms with Crippen LogP contribution in [-0.2, 0) is 23.8 Å². The molecule has 0 aliphatic carbocycles. The number of nitrogens with one attached hydrogen (secondary N) is 1. The largest absolute Gasteiger partial charge is 0.466 e. The maximum absolute atomic E-state index is 13.0. The van der Waals surface area contributed by atoms with Crippen LogP contribution in [0.25, 0.3) is 0 Å². The van der Waals surface area contributed by atoms with E-state index in [4.69, 9.17) is 14.2 Å². The monoisotopic (exact) mass is 1010 g/mol. The predicted molar refractivity (Wildman–Crippen MR) is 292 cm³/mol. The zero-order valence-corrected chi connectivity index (χ0v) is 45.7. The third-order valence-corrected chi connectivity index (χ3v) is 14.0. The topological polar surface area (TPSA) is 175 Å². The van der Waals surface area contributed by atoms with E-state index in [0.29, 0.717) is 19.4 Å². The van der Waals surface area contributed by atoms with Gasteiger partial charge in [0.2, 0.25) is 5.91 Å². The van der Waals surface area contributed by atoms with Gasteiger partial charge in [-0.3, -0.25) is 9.59 Å². The van der Waals surface area contributed by atoms with Gasteiger partial charge in [0.25, 0.3) is 0 Å². The molecular weight excluding hydrogens is 895 g/mol. The van der Waals surface area contributed by atoms with Crippen molar-refractivity contribution in [1.29, 1.82) is 0 Å². The van der Waals surface area contributed by atoms with Crippen molar-refractivity contribution in [3.63, 3.8) is 0 Å². The molecule has 1 rings (SSSR count). The molecule has 0 spiro atoms. The first-order valence-electron chi connectivity index (χ1n) is 29.8. The van der Waals surface area contributed by atoms with Gasteiger partial charge in [0.1, 0.15) is 24.4 Å². The molecule has 1 aliphatic heterocycles. The minimum Gasteiger partial charge on any atom is -0.466 e. The van der Waals surface area contributed by atoms with Gasteiger partial charge in [-0.2, -0.15) is 0 Å². The van der Waals surface area contributed by atoms with Crippen LogP contribution in [0.5, 0.6) is 0 Å². The fourth-order valence-corrected chi connectivity index (χ4v) is 9.17. The quantitative estimate of drug-likeness (QED) is 0.0195. The number of ether oxygens (including phenoxy) is 3. The number of aliphatic hydroxyl groups is 5. The number of aliphatic hydroxyl groups excluding tert-OH is 5. The SMILES string of the molecule is CCCC/C=C\CCCCCCCC(=O)OCCCCCCCCCCC/C=C\CCCCCCCCCC(=O)NC(COC1OC(CO)C(O)C(O)C1O)C(O)/C=C/CCCCCCCCCCCC. The Bertz CT molecular complexity index is 1280. The third-order valence-electron chi connectivity index (χ3n) is 14.0. The van der Waals surface area contributed by atoms with Crippen LogP contribution in [-0.4, -0.2) is 100 Å². The van der Waals surface area contributed by atoms with E-state index in [9.17, 15) is 35.1 Å². The van der Waals surface area contributed by atoms with E-state index in [1.807, 2.05) is 6.08 Å². The van der Waals surface area contributed by atoms with Crippen molar-refractivity contribution >= 4 is 11.9 Å². The minimum atomic E-state index is -1.57. The highest BCUT2D eigenvalue weighted by Crippen LogP contribution is 2.23. The summed E-state index contributed by atoms with van der Waals surface area (Å²) in [5.74, 6) is -0.210. The van der Waals surface area contributed by atoms with Crippen LogP contribution >= 0.6 is 0 Å². The summed E-state index contributed by atoms with van der Waals surface area (Å²) in [5.41, 5.74) is 0. The molecule has 11 nitrogen and oxygen atoms in total. The molecule has 1 saturated heterocycles. The summed E-state index contributed by atoms with van der Waals surface area (Å²) in [6.45, 7) is 4.28. The second-order valence-electron chi connectivity index (χ2n) is 20.7. The van der Waals surface area contributed by atoms with Crippen molar-refractivity contribution in [3.8, 4) is 0 Å². The lowest BCUT2D eigenvalue weighted by Gasteiger charge is -2.40. The maximum Gasteiger partial charge on any atom is 0.305 e. The number of hydrogen-bond acceptors (Lipinski definition) is 10. The molecule has 7 atom stereocenters. The van der Waals surface area contributed by atoms with Crippen molar-refractivity contribution in [1.82, 2.24) is 5.32 Å². The molecule has 0 aromatic heterocycles. The number of carbonyl (C=O) groups excluding carboxylic acids is 2. The van der Waals surface area contributed by atoms with Gasteiger partial charge in [-0.05, 0) is 77.0 Å². The molecule has 1 aliphatic rings. The van der Waals surface area contributed by atoms with Crippen LogP contribution in [0.4, 0.5) is 0 Å². The van der Waals surface area contributed by atoms with E-state index in [-0.39, 0.29) is 18.5 Å². The average molecular weight is 1010 g/mol. The van der Waals surface area contributed by atoms with Crippen LogP contribution in [0.15, 0.2) is 36.5 Å². The summed E-state index contributed by atoms with van der Waals surface area (Å²) in [7, 11) is 0. The van der Waals surface area contributed by atoms with Crippen LogP contribution in [0.3, 0.4) is 0 Å². The Balaban J connectivity index is 2.09. The number of allylic oxidation sites excluding steroid dienone is 5. The van der Waals surface area contributed by atoms with E-state index in [2.05, 4.69) is 43.5 Å². The molecule has 6 N–H and O–H groups in total. The highest BCUT2D eigenvalue weighted by molar-refractivity contribution is 5.76. The fourth-order valence-electron chi connectivity index (χ4n) is 9.17. The van der Waals surface area contributed by atoms with E-state index in [0.717, 1.165) is 77.0 Å². The van der Waals surface area contributed by atoms with E-state index in [1.54, 1.807) is 6.08 Å². The van der Waals surface area contributed by atoms with Crippen molar-refractivity contribution < 1.29 is 49.3 Å². The van der Waals surface area contributed by atoms with Crippen molar-refractivity contribution in [3.05, 3.63) is 36.5 Å². The van der Waals surface area contributed by atoms with E-state index < -0.39 is 49.5 Å². The Kier molecular flexibility index (Phi) is 47.2. The standard InChI is InChI=1S/C60H111NO10/c1-3-5-7-9-11-13-15-27-30-34-38-42-46-53(63)52(51-70-60-59(68)58(67)57(66)54(50-62)71-60)61-55(64)47-43-39-35-31-28-24-22-20-18-16-17-19-21-23-25-29-33-37-41-45-49-69-56(65)48-44-40-36-32-26-14-12-10-8-6-4-2/h10,12,16,18,42,46,52-54,57-60,62-63,66-68H,3-9,11,13-15,17,19-41,43-45,47-51H2,1-2H3,(H,61,64)/b12-10-,18-16-,46-42+. The molecule has 0 saturated carbocycles. The Morgan fingerprint density at radius 2 is 0.915 bits per heavy atom. The smallest absolute Gasteiger partial charge is 0.305 e. The molecule has 7 unspecified atom stereocenters. The van der Waals surface area contributed by atoms with Gasteiger partial charge < -0.3 is 45.1 Å². The summed E-state index contributed by atoms with van der Waals surface area (Å²) in [5, 5.41) is 54.3. The first-order valence-corrected chi connectivity index (χ1v) is 29.8. The minimum absolute atomic E-state index is 0.0191. The summed E-state index contributed by atoms with van der Waals surface area (Å²) in [6.07, 6.45) is 50.9. The highest BCUT2D eigenvalue weighted by atomic mass is 16.7. The predicted octanol–water partition coefficient (Wildman–Crippen LogP) is 13.5. The van der Waals surface area contributed by atoms with Gasteiger partial charge >= 0.3 is 5.97 Å². The van der Waals surface area contributed by atoms with Gasteiger partial charge in [0, 0.05) is 12.8 Å². The van der Waals surface area contributed by atoms with Gasteiger partial charge in [0.05, 0.1) is 32.0 Å². The van der Waals surface area contributed by atoms with Gasteiger partial charge in [0.15, 0.2) is 6.29 Å². The Labute approximate surface area is 434 Å². The summed E-state index contributed by atoms with van der Waals surface area (Å²) in [4.78, 5) is 25.0. The number of carbonyl (C=O) groups is 2. The van der Waals surface area contributed by atoms with Crippen molar-refractivity contribution in [2.24, 2.45) is 0 Å². The number of amides is 1. The van der Waals surface area contributed by atoms with Crippen molar-refractivity contribution in [2.75, 3.05) is 19.8 Å².